The van der Waals surface area contributed by atoms with Gasteiger partial charge >= 0.3 is 17.9 Å². The zero-order valence-corrected chi connectivity index (χ0v) is 27.3. The molecule has 2 saturated carbocycles. The Balaban J connectivity index is 1.71. The Kier molecular flexibility index (Phi) is 9.72. The van der Waals surface area contributed by atoms with Crippen LogP contribution >= 0.6 is 0 Å². The van der Waals surface area contributed by atoms with E-state index in [9.17, 15) is 29.4 Å². The van der Waals surface area contributed by atoms with Gasteiger partial charge in [-0.15, -0.1) is 0 Å². The van der Waals surface area contributed by atoms with E-state index < -0.39 is 75.7 Å². The molecular weight excluding hydrogens is 564 g/mol. The predicted molar refractivity (Wildman–Crippen MR) is 163 cm³/mol. The molecule has 9 nitrogen and oxygen atoms in total. The number of Topliss-reactive ketones (excluding diaryl/α,β-unsaturated/α-hetero) is 1. The average Bonchev–Trinajstić information content (AvgIpc) is 3.36. The van der Waals surface area contributed by atoms with Crippen LogP contribution in [0, 0.1) is 29.1 Å². The zero-order chi connectivity index (χ0) is 32.7. The van der Waals surface area contributed by atoms with Gasteiger partial charge in [-0.05, 0) is 30.9 Å². The molecule has 0 radical (unpaired) electrons. The smallest absolute Gasteiger partial charge is 0.330 e. The van der Waals surface area contributed by atoms with Gasteiger partial charge in [-0.1, -0.05) is 78.0 Å². The molecule has 4 rings (SSSR count). The maximum atomic E-state index is 13.4. The number of ketones is 1. The van der Waals surface area contributed by atoms with Gasteiger partial charge in [0.2, 0.25) is 0 Å². The number of allylic oxidation sites excluding steroid dienone is 1. The van der Waals surface area contributed by atoms with Crippen molar-refractivity contribution in [2.75, 3.05) is 6.61 Å². The predicted octanol–water partition coefficient (Wildman–Crippen LogP) is 4.93. The molecule has 0 aromatic heterocycles. The lowest BCUT2D eigenvalue weighted by Gasteiger charge is -2.53. The molecule has 0 amide bonds. The Hall–Kier alpha value is -2.78. The SMILES string of the molecule is CCCCCCCC/C=C/C(=O)O[C@@H]1[C@@H](C)[C@@]2(O)[C@@H](C=C(COC(C)=O)C[C@@]3(O)C(=O)C(C)=C[C@@H]23)[C@@H]2C(C)(C)[C@]12OC(C)=O. The maximum Gasteiger partial charge on any atom is 0.330 e. The van der Waals surface area contributed by atoms with E-state index in [-0.39, 0.29) is 13.0 Å². The van der Waals surface area contributed by atoms with E-state index >= 15 is 0 Å². The minimum atomic E-state index is -1.99. The third kappa shape index (κ3) is 5.59. The molecule has 9 heteroatoms. The lowest BCUT2D eigenvalue weighted by molar-refractivity contribution is -0.226. The molecule has 0 spiro atoms. The monoisotopic (exact) mass is 614 g/mol. The highest BCUT2D eigenvalue weighted by Crippen LogP contribution is 2.77. The highest BCUT2D eigenvalue weighted by Gasteiger charge is 2.87. The molecule has 2 fully saturated rings. The first-order valence-corrected chi connectivity index (χ1v) is 16.2. The van der Waals surface area contributed by atoms with E-state index in [4.69, 9.17) is 14.2 Å². The fourth-order valence-corrected chi connectivity index (χ4v) is 8.63. The standard InChI is InChI=1S/C35H50O9/c1-8-9-10-11-12-13-14-15-16-28(38)43-31-22(3)34(41)26(29-32(6,7)35(29,31)44-24(5)37)18-25(20-42-23(4)36)19-33(40)27(34)17-21(2)30(33)39/h15-18,22,26-27,29,31,40-41H,8-14,19-20H2,1-7H3/b16-15+/t22-,26+,27-,29-,31-,33+,34-,35-/m1/s1. The summed E-state index contributed by atoms with van der Waals surface area (Å²) in [5.74, 6) is -5.31. The van der Waals surface area contributed by atoms with Crippen molar-refractivity contribution < 1.29 is 43.6 Å². The molecule has 4 aliphatic rings. The summed E-state index contributed by atoms with van der Waals surface area (Å²) in [6.07, 6.45) is 12.9. The number of fused-ring (bicyclic) bond motifs is 5. The van der Waals surface area contributed by atoms with Crippen LogP contribution in [-0.4, -0.2) is 63.4 Å². The van der Waals surface area contributed by atoms with E-state index in [2.05, 4.69) is 6.92 Å². The van der Waals surface area contributed by atoms with Gasteiger partial charge < -0.3 is 24.4 Å². The summed E-state index contributed by atoms with van der Waals surface area (Å²) in [7, 11) is 0. The number of aliphatic hydroxyl groups is 2. The molecule has 0 aromatic rings. The number of rotatable bonds is 12. The topological polar surface area (TPSA) is 136 Å². The number of carbonyl (C=O) groups excluding carboxylic acids is 4. The van der Waals surface area contributed by atoms with Gasteiger partial charge in [0.15, 0.2) is 11.4 Å². The van der Waals surface area contributed by atoms with Gasteiger partial charge in [-0.2, -0.15) is 0 Å². The molecule has 0 saturated heterocycles. The minimum Gasteiger partial charge on any atom is -0.461 e. The second-order valence-corrected chi connectivity index (χ2v) is 14.0. The number of esters is 3. The first-order chi connectivity index (χ1) is 20.6. The van der Waals surface area contributed by atoms with E-state index in [1.807, 2.05) is 13.8 Å². The number of carbonyl (C=O) groups is 4. The van der Waals surface area contributed by atoms with Gasteiger partial charge in [0, 0.05) is 55.4 Å². The summed E-state index contributed by atoms with van der Waals surface area (Å²) >= 11 is 0. The van der Waals surface area contributed by atoms with Crippen LogP contribution in [0.5, 0.6) is 0 Å². The van der Waals surface area contributed by atoms with Crippen molar-refractivity contribution in [2.24, 2.45) is 29.1 Å². The molecule has 8 atom stereocenters. The molecule has 244 valence electrons. The van der Waals surface area contributed by atoms with Crippen LogP contribution in [-0.2, 0) is 33.4 Å². The summed E-state index contributed by atoms with van der Waals surface area (Å²) in [5.41, 5.74) is -4.95. The number of ether oxygens (including phenoxy) is 3. The molecule has 0 aromatic carbocycles. The third-order valence-electron chi connectivity index (χ3n) is 10.7. The number of hydrogen-bond donors (Lipinski definition) is 2. The van der Waals surface area contributed by atoms with Crippen molar-refractivity contribution in [2.45, 2.75) is 123 Å². The minimum absolute atomic E-state index is 0.136. The van der Waals surface area contributed by atoms with Crippen molar-refractivity contribution in [3.05, 3.63) is 35.5 Å². The van der Waals surface area contributed by atoms with E-state index in [1.54, 1.807) is 32.1 Å². The largest absolute Gasteiger partial charge is 0.461 e. The van der Waals surface area contributed by atoms with Crippen LogP contribution < -0.4 is 0 Å². The average molecular weight is 615 g/mol. The molecule has 0 unspecified atom stereocenters. The Labute approximate surface area is 261 Å². The van der Waals surface area contributed by atoms with E-state index in [0.717, 1.165) is 25.7 Å². The first-order valence-electron chi connectivity index (χ1n) is 16.2. The highest BCUT2D eigenvalue weighted by molar-refractivity contribution is 6.04. The molecule has 44 heavy (non-hydrogen) atoms. The highest BCUT2D eigenvalue weighted by atomic mass is 16.6. The van der Waals surface area contributed by atoms with Gasteiger partial charge in [-0.3, -0.25) is 14.4 Å². The fraction of sp³-hybridized carbons (Fsp3) is 0.714. The molecule has 0 aliphatic heterocycles. The van der Waals surface area contributed by atoms with Crippen LogP contribution in [0.4, 0.5) is 0 Å². The molecule has 0 heterocycles. The van der Waals surface area contributed by atoms with Gasteiger partial charge in [0.25, 0.3) is 0 Å². The summed E-state index contributed by atoms with van der Waals surface area (Å²) < 4.78 is 17.5. The van der Waals surface area contributed by atoms with Crippen molar-refractivity contribution in [3.8, 4) is 0 Å². The second-order valence-electron chi connectivity index (χ2n) is 14.0. The number of unbranched alkanes of at least 4 members (excludes halogenated alkanes) is 6. The summed E-state index contributed by atoms with van der Waals surface area (Å²) in [6.45, 7) is 11.7. The third-order valence-corrected chi connectivity index (χ3v) is 10.7. The van der Waals surface area contributed by atoms with E-state index in [0.29, 0.717) is 11.1 Å². The first kappa shape index (κ1) is 34.1. The van der Waals surface area contributed by atoms with Crippen LogP contribution in [0.2, 0.25) is 0 Å². The summed E-state index contributed by atoms with van der Waals surface area (Å²) in [4.78, 5) is 51.0. The van der Waals surface area contributed by atoms with Crippen LogP contribution in [0.3, 0.4) is 0 Å². The molecular formula is C35H50O9. The molecule has 0 bridgehead atoms. The Morgan fingerprint density at radius 2 is 1.68 bits per heavy atom. The van der Waals surface area contributed by atoms with Crippen molar-refractivity contribution in [1.29, 1.82) is 0 Å². The quantitative estimate of drug-likeness (QED) is 0.103. The van der Waals surface area contributed by atoms with Crippen LogP contribution in [0.1, 0.15) is 99.8 Å². The zero-order valence-electron chi connectivity index (χ0n) is 27.3. The second kappa shape index (κ2) is 12.5. The van der Waals surface area contributed by atoms with Crippen molar-refractivity contribution in [1.82, 2.24) is 0 Å². The Bertz CT molecular complexity index is 1260. The summed E-state index contributed by atoms with van der Waals surface area (Å²) in [6, 6.07) is 0. The van der Waals surface area contributed by atoms with Gasteiger partial charge in [0.1, 0.15) is 18.3 Å². The van der Waals surface area contributed by atoms with Crippen LogP contribution in [0.15, 0.2) is 35.5 Å². The molecule has 4 aliphatic carbocycles. The van der Waals surface area contributed by atoms with Gasteiger partial charge in [-0.25, -0.2) is 4.79 Å². The Morgan fingerprint density at radius 3 is 2.32 bits per heavy atom. The maximum absolute atomic E-state index is 13.4. The van der Waals surface area contributed by atoms with E-state index in [1.165, 1.54) is 39.2 Å². The normalized spacial score (nSPS) is 36.8. The van der Waals surface area contributed by atoms with Crippen LogP contribution in [0.25, 0.3) is 0 Å². The summed E-state index contributed by atoms with van der Waals surface area (Å²) in [5, 5.41) is 24.8. The lowest BCUT2D eigenvalue weighted by atomic mass is 9.59. The number of hydrogen-bond acceptors (Lipinski definition) is 9. The van der Waals surface area contributed by atoms with Gasteiger partial charge in [0.05, 0.1) is 5.60 Å². The lowest BCUT2D eigenvalue weighted by Crippen LogP contribution is -2.66. The fourth-order valence-electron chi connectivity index (χ4n) is 8.63. The van der Waals surface area contributed by atoms with Crippen molar-refractivity contribution in [3.63, 3.8) is 0 Å². The Morgan fingerprint density at radius 1 is 1.02 bits per heavy atom. The van der Waals surface area contributed by atoms with Crippen molar-refractivity contribution >= 4 is 23.7 Å². The molecule has 2 N–H and O–H groups in total.